The first kappa shape index (κ1) is 61.4. The maximum absolute atomic E-state index is 12.7. The first-order chi connectivity index (χ1) is 31.1. The van der Waals surface area contributed by atoms with Crippen LogP contribution in [0, 0.1) is 0 Å². The molecular weight excluding hydrogens is 830 g/mol. The molecule has 0 spiro atoms. The highest BCUT2D eigenvalue weighted by Crippen LogP contribution is 2.43. The van der Waals surface area contributed by atoms with Crippen LogP contribution in [0.4, 0.5) is 0 Å². The van der Waals surface area contributed by atoms with Gasteiger partial charge in [0.25, 0.3) is 0 Å². The van der Waals surface area contributed by atoms with E-state index in [0.717, 1.165) is 57.8 Å². The largest absolute Gasteiger partial charge is 0.480 e. The highest BCUT2D eigenvalue weighted by molar-refractivity contribution is 7.47. The van der Waals surface area contributed by atoms with Gasteiger partial charge in [0.2, 0.25) is 0 Å². The van der Waals surface area contributed by atoms with E-state index in [0.29, 0.717) is 12.8 Å². The summed E-state index contributed by atoms with van der Waals surface area (Å²) in [5.41, 5.74) is 5.35. The molecule has 0 heterocycles. The average molecular weight is 924 g/mol. The Balaban J connectivity index is 4.29. The molecule has 0 aliphatic carbocycles. The zero-order chi connectivity index (χ0) is 47.0. The van der Waals surface area contributed by atoms with Crippen molar-refractivity contribution < 1.29 is 47.5 Å². The van der Waals surface area contributed by atoms with E-state index in [2.05, 4.69) is 67.0 Å². The molecule has 0 fully saturated rings. The number of nitrogens with two attached hydrogens (primary N) is 1. The van der Waals surface area contributed by atoms with Gasteiger partial charge in [0.15, 0.2) is 6.10 Å². The number of carbonyl (C=O) groups excluding carboxylic acids is 2. The Kier molecular flexibility index (Phi) is 45.1. The first-order valence-corrected chi connectivity index (χ1v) is 27.2. The van der Waals surface area contributed by atoms with Gasteiger partial charge in [-0.15, -0.1) is 0 Å². The molecule has 0 rings (SSSR count). The topological polar surface area (TPSA) is 172 Å². The third-order valence-electron chi connectivity index (χ3n) is 11.1. The molecule has 0 saturated carbocycles. The Morgan fingerprint density at radius 3 is 1.27 bits per heavy atom. The maximum Gasteiger partial charge on any atom is 0.472 e. The zero-order valence-corrected chi connectivity index (χ0v) is 41.5. The van der Waals surface area contributed by atoms with E-state index in [9.17, 15) is 23.8 Å². The summed E-state index contributed by atoms with van der Waals surface area (Å²) in [5.74, 6) is -2.41. The first-order valence-electron chi connectivity index (χ1n) is 25.7. The highest BCUT2D eigenvalue weighted by atomic mass is 31.2. The van der Waals surface area contributed by atoms with Gasteiger partial charge in [0.1, 0.15) is 12.6 Å². The summed E-state index contributed by atoms with van der Waals surface area (Å²) in [6, 6.07) is -1.53. The molecule has 3 atom stereocenters. The molecule has 64 heavy (non-hydrogen) atoms. The molecule has 12 heteroatoms. The van der Waals surface area contributed by atoms with Gasteiger partial charge in [-0.25, -0.2) is 4.57 Å². The van der Waals surface area contributed by atoms with Gasteiger partial charge in [0, 0.05) is 12.8 Å². The second kappa shape index (κ2) is 47.0. The summed E-state index contributed by atoms with van der Waals surface area (Å²) in [6.07, 6.45) is 54.6. The van der Waals surface area contributed by atoms with Crippen LogP contribution in [0.5, 0.6) is 0 Å². The molecule has 0 radical (unpaired) electrons. The number of phosphoric ester groups is 1. The van der Waals surface area contributed by atoms with Crippen molar-refractivity contribution in [3.63, 3.8) is 0 Å². The molecule has 0 bridgehead atoms. The van der Waals surface area contributed by atoms with E-state index >= 15 is 0 Å². The van der Waals surface area contributed by atoms with Crippen molar-refractivity contribution in [1.82, 2.24) is 0 Å². The lowest BCUT2D eigenvalue weighted by Gasteiger charge is -2.20. The summed E-state index contributed by atoms with van der Waals surface area (Å²) in [6.45, 7) is 2.78. The summed E-state index contributed by atoms with van der Waals surface area (Å²) in [7, 11) is -4.73. The number of rotatable bonds is 48. The van der Waals surface area contributed by atoms with Crippen molar-refractivity contribution in [2.75, 3.05) is 19.8 Å². The quantitative estimate of drug-likeness (QED) is 0.0229. The fourth-order valence-electron chi connectivity index (χ4n) is 7.05. The molecule has 0 saturated heterocycles. The molecule has 0 amide bonds. The van der Waals surface area contributed by atoms with Crippen LogP contribution in [-0.2, 0) is 37.5 Å². The van der Waals surface area contributed by atoms with E-state index in [1.807, 2.05) is 0 Å². The number of unbranched alkanes of at least 4 members (excludes halogenated alkanes) is 26. The van der Waals surface area contributed by atoms with Crippen molar-refractivity contribution in [2.24, 2.45) is 5.73 Å². The molecule has 1 unspecified atom stereocenters. The molecule has 372 valence electrons. The lowest BCUT2D eigenvalue weighted by Crippen LogP contribution is -2.34. The number of ether oxygens (including phenoxy) is 2. The van der Waals surface area contributed by atoms with Gasteiger partial charge in [-0.05, 0) is 57.8 Å². The fraction of sp³-hybridized carbons (Fsp3) is 0.788. The monoisotopic (exact) mass is 924 g/mol. The van der Waals surface area contributed by atoms with Crippen LogP contribution < -0.4 is 5.73 Å². The van der Waals surface area contributed by atoms with E-state index < -0.39 is 51.1 Å². The summed E-state index contributed by atoms with van der Waals surface area (Å²) in [4.78, 5) is 46.2. The number of phosphoric acid groups is 1. The van der Waals surface area contributed by atoms with Crippen molar-refractivity contribution >= 4 is 25.7 Å². The normalized spacial score (nSPS) is 13.9. The van der Waals surface area contributed by atoms with Crippen molar-refractivity contribution in [3.05, 3.63) is 48.6 Å². The number of carboxylic acids is 1. The summed E-state index contributed by atoms with van der Waals surface area (Å²) < 4.78 is 32.8. The predicted molar refractivity (Wildman–Crippen MR) is 263 cm³/mol. The minimum absolute atomic E-state index is 0.156. The minimum Gasteiger partial charge on any atom is -0.480 e. The Morgan fingerprint density at radius 2 is 0.828 bits per heavy atom. The molecular formula is C52H94NO10P. The third kappa shape index (κ3) is 46.0. The van der Waals surface area contributed by atoms with Gasteiger partial charge in [0.05, 0.1) is 13.2 Å². The SMILES string of the molecule is CCCCC/C=C\C/C=C\C/C=C\C/C=C\CCCCCC(=O)OC[C@H](COP(=O)(O)OC[C@H](N)C(=O)O)OC(=O)CCCCCCCCCCCCCCCCCCCCCCC. The lowest BCUT2D eigenvalue weighted by molar-refractivity contribution is -0.161. The molecule has 0 aliphatic heterocycles. The zero-order valence-electron chi connectivity index (χ0n) is 40.6. The van der Waals surface area contributed by atoms with E-state index in [1.165, 1.54) is 135 Å². The van der Waals surface area contributed by atoms with Crippen molar-refractivity contribution in [2.45, 2.75) is 244 Å². The van der Waals surface area contributed by atoms with Gasteiger partial charge in [-0.3, -0.25) is 23.4 Å². The molecule has 0 aromatic rings. The van der Waals surface area contributed by atoms with E-state index in [-0.39, 0.29) is 19.4 Å². The van der Waals surface area contributed by atoms with Gasteiger partial charge >= 0.3 is 25.7 Å². The number of esters is 2. The van der Waals surface area contributed by atoms with Crippen molar-refractivity contribution in [1.29, 1.82) is 0 Å². The second-order valence-electron chi connectivity index (χ2n) is 17.3. The molecule has 4 N–H and O–H groups in total. The average Bonchev–Trinajstić information content (AvgIpc) is 3.27. The van der Waals surface area contributed by atoms with Gasteiger partial charge < -0.3 is 25.2 Å². The fourth-order valence-corrected chi connectivity index (χ4v) is 7.83. The number of allylic oxidation sites excluding steroid dienone is 8. The lowest BCUT2D eigenvalue weighted by atomic mass is 10.0. The predicted octanol–water partition coefficient (Wildman–Crippen LogP) is 14.5. The van der Waals surface area contributed by atoms with Crippen molar-refractivity contribution in [3.8, 4) is 0 Å². The summed E-state index contributed by atoms with van der Waals surface area (Å²) in [5, 5.41) is 8.92. The molecule has 0 aromatic heterocycles. The van der Waals surface area contributed by atoms with Crippen LogP contribution in [0.3, 0.4) is 0 Å². The van der Waals surface area contributed by atoms with Crippen LogP contribution >= 0.6 is 7.82 Å². The van der Waals surface area contributed by atoms with Gasteiger partial charge in [-0.1, -0.05) is 210 Å². The Bertz CT molecular complexity index is 1270. The van der Waals surface area contributed by atoms with Crippen LogP contribution in [0.1, 0.15) is 232 Å². The minimum atomic E-state index is -4.73. The third-order valence-corrected chi connectivity index (χ3v) is 12.0. The standard InChI is InChI=1S/C52H94NO10P/c1-3-5-7-9-11-13-15-17-19-21-23-24-26-28-30-32-34-36-38-40-42-44-51(55)63-48(46-61-64(58,59)62-47-49(53)52(56)57)45-60-50(54)43-41-39-37-35-33-31-29-27-25-22-20-18-16-14-12-10-8-6-4-2/h12,14,18,20,25,27,31,33,48-49H,3-11,13,15-17,19,21-24,26,28-30,32,34-47,53H2,1-2H3,(H,56,57)(H,58,59)/b14-12-,20-18-,27-25-,33-31-/t48-,49+/m1/s1. The van der Waals surface area contributed by atoms with E-state index in [1.54, 1.807) is 0 Å². The maximum atomic E-state index is 12.7. The van der Waals surface area contributed by atoms with Crippen LogP contribution in [0.2, 0.25) is 0 Å². The van der Waals surface area contributed by atoms with Crippen LogP contribution in [0.15, 0.2) is 48.6 Å². The van der Waals surface area contributed by atoms with Crippen LogP contribution in [-0.4, -0.2) is 59.9 Å². The molecule has 0 aliphatic rings. The smallest absolute Gasteiger partial charge is 0.472 e. The second-order valence-corrected chi connectivity index (χ2v) is 18.8. The van der Waals surface area contributed by atoms with Crippen LogP contribution in [0.25, 0.3) is 0 Å². The Hall–Kier alpha value is -2.56. The van der Waals surface area contributed by atoms with E-state index in [4.69, 9.17) is 24.8 Å². The van der Waals surface area contributed by atoms with Gasteiger partial charge in [-0.2, -0.15) is 0 Å². The number of hydrogen-bond donors (Lipinski definition) is 3. The Morgan fingerprint density at radius 1 is 0.484 bits per heavy atom. The number of aliphatic carboxylic acids is 1. The Labute approximate surface area is 390 Å². The molecule has 0 aromatic carbocycles. The number of hydrogen-bond acceptors (Lipinski definition) is 9. The number of carbonyl (C=O) groups is 3. The number of carboxylic acid groups (broad SMARTS) is 1. The molecule has 11 nitrogen and oxygen atoms in total. The summed E-state index contributed by atoms with van der Waals surface area (Å²) >= 11 is 0. The highest BCUT2D eigenvalue weighted by Gasteiger charge is 2.28.